The number of aliphatic hydroxyl groups is 1. The molecule has 0 radical (unpaired) electrons. The largest absolute Gasteiger partial charge is 0.396 e. The zero-order valence-electron chi connectivity index (χ0n) is 14.4. The van der Waals surface area contributed by atoms with Gasteiger partial charge in [-0.3, -0.25) is 4.90 Å². The van der Waals surface area contributed by atoms with Gasteiger partial charge < -0.3 is 10.8 Å². The highest BCUT2D eigenvalue weighted by Crippen LogP contribution is 2.42. The minimum Gasteiger partial charge on any atom is -0.396 e. The molecule has 1 aliphatic heterocycles. The van der Waals surface area contributed by atoms with Crippen molar-refractivity contribution >= 4 is 0 Å². The van der Waals surface area contributed by atoms with E-state index in [1.54, 1.807) is 0 Å². The molecule has 21 heavy (non-hydrogen) atoms. The number of rotatable bonds is 4. The molecule has 124 valence electrons. The van der Waals surface area contributed by atoms with E-state index >= 15 is 0 Å². The first-order valence-corrected chi connectivity index (χ1v) is 9.04. The lowest BCUT2D eigenvalue weighted by molar-refractivity contribution is -0.00215. The van der Waals surface area contributed by atoms with E-state index in [2.05, 4.69) is 25.7 Å². The van der Waals surface area contributed by atoms with Gasteiger partial charge in [-0.15, -0.1) is 0 Å². The molecule has 0 aromatic rings. The SMILES string of the molecule is CC(C)(C)C1CCC(CN)C(N2CCCCC2CCO)C1. The third-order valence-corrected chi connectivity index (χ3v) is 6.04. The van der Waals surface area contributed by atoms with E-state index in [0.717, 1.165) is 18.9 Å². The van der Waals surface area contributed by atoms with Gasteiger partial charge >= 0.3 is 0 Å². The summed E-state index contributed by atoms with van der Waals surface area (Å²) in [5.41, 5.74) is 6.50. The van der Waals surface area contributed by atoms with Crippen molar-refractivity contribution in [3.8, 4) is 0 Å². The molecule has 2 fully saturated rings. The van der Waals surface area contributed by atoms with Gasteiger partial charge in [-0.05, 0) is 68.9 Å². The monoisotopic (exact) mass is 296 g/mol. The fourth-order valence-electron chi connectivity index (χ4n) is 4.60. The predicted octanol–water partition coefficient (Wildman–Crippen LogP) is 3.01. The Bertz CT molecular complexity index is 311. The van der Waals surface area contributed by atoms with Crippen molar-refractivity contribution in [1.29, 1.82) is 0 Å². The summed E-state index contributed by atoms with van der Waals surface area (Å²) in [6, 6.07) is 1.23. The van der Waals surface area contributed by atoms with Gasteiger partial charge in [0, 0.05) is 18.7 Å². The van der Waals surface area contributed by atoms with Crippen molar-refractivity contribution in [3.63, 3.8) is 0 Å². The van der Waals surface area contributed by atoms with Crippen molar-refractivity contribution in [3.05, 3.63) is 0 Å². The van der Waals surface area contributed by atoms with Crippen LogP contribution >= 0.6 is 0 Å². The molecular weight excluding hydrogens is 260 g/mol. The van der Waals surface area contributed by atoms with Crippen molar-refractivity contribution in [2.45, 2.75) is 77.8 Å². The summed E-state index contributed by atoms with van der Waals surface area (Å²) in [4.78, 5) is 2.73. The van der Waals surface area contributed by atoms with Gasteiger partial charge in [-0.25, -0.2) is 0 Å². The molecule has 0 amide bonds. The minimum absolute atomic E-state index is 0.323. The maximum Gasteiger partial charge on any atom is 0.0445 e. The minimum atomic E-state index is 0.323. The van der Waals surface area contributed by atoms with Crippen LogP contribution in [0.15, 0.2) is 0 Å². The number of nitrogens with zero attached hydrogens (tertiary/aromatic N) is 1. The summed E-state index contributed by atoms with van der Waals surface area (Å²) in [5.74, 6) is 1.46. The Morgan fingerprint density at radius 3 is 2.52 bits per heavy atom. The molecule has 0 spiro atoms. The first kappa shape index (κ1) is 17.2. The predicted molar refractivity (Wildman–Crippen MR) is 89.2 cm³/mol. The number of hydrogen-bond donors (Lipinski definition) is 2. The van der Waals surface area contributed by atoms with E-state index in [4.69, 9.17) is 5.73 Å². The van der Waals surface area contributed by atoms with Crippen LogP contribution in [0.3, 0.4) is 0 Å². The van der Waals surface area contributed by atoms with E-state index in [0.29, 0.717) is 30.0 Å². The Kier molecular flexibility index (Phi) is 6.10. The Morgan fingerprint density at radius 2 is 1.90 bits per heavy atom. The molecule has 1 heterocycles. The molecule has 3 heteroatoms. The van der Waals surface area contributed by atoms with Gasteiger partial charge in [0.1, 0.15) is 0 Å². The van der Waals surface area contributed by atoms with Crippen LogP contribution in [0.4, 0.5) is 0 Å². The third kappa shape index (κ3) is 4.20. The van der Waals surface area contributed by atoms with Crippen LogP contribution in [0, 0.1) is 17.3 Å². The zero-order chi connectivity index (χ0) is 15.5. The fourth-order valence-corrected chi connectivity index (χ4v) is 4.60. The topological polar surface area (TPSA) is 49.5 Å². The van der Waals surface area contributed by atoms with Crippen LogP contribution in [0.1, 0.15) is 65.7 Å². The van der Waals surface area contributed by atoms with Gasteiger partial charge in [0.2, 0.25) is 0 Å². The highest BCUT2D eigenvalue weighted by Gasteiger charge is 2.40. The third-order valence-electron chi connectivity index (χ3n) is 6.04. The Labute approximate surface area is 131 Å². The average Bonchev–Trinajstić information content (AvgIpc) is 2.46. The lowest BCUT2D eigenvalue weighted by Crippen LogP contribution is -2.54. The zero-order valence-corrected chi connectivity index (χ0v) is 14.4. The molecule has 4 atom stereocenters. The normalized spacial score (nSPS) is 35.9. The second-order valence-electron chi connectivity index (χ2n) is 8.34. The van der Waals surface area contributed by atoms with Crippen LogP contribution in [-0.2, 0) is 0 Å². The Morgan fingerprint density at radius 1 is 1.14 bits per heavy atom. The summed E-state index contributed by atoms with van der Waals surface area (Å²) < 4.78 is 0. The standard InChI is InChI=1S/C18H36N2O/c1-18(2,3)15-8-7-14(13-19)17(12-15)20-10-5-4-6-16(20)9-11-21/h14-17,21H,4-13,19H2,1-3H3. The highest BCUT2D eigenvalue weighted by molar-refractivity contribution is 4.94. The first-order valence-electron chi connectivity index (χ1n) is 9.04. The molecule has 0 aromatic carbocycles. The first-order chi connectivity index (χ1) is 9.97. The number of nitrogens with two attached hydrogens (primary N) is 1. The molecule has 4 unspecified atom stereocenters. The number of aliphatic hydroxyl groups excluding tert-OH is 1. The molecule has 0 aromatic heterocycles. The fraction of sp³-hybridized carbons (Fsp3) is 1.00. The van der Waals surface area contributed by atoms with Gasteiger partial charge in [0.05, 0.1) is 0 Å². The molecule has 1 saturated heterocycles. The van der Waals surface area contributed by atoms with E-state index in [-0.39, 0.29) is 0 Å². The van der Waals surface area contributed by atoms with Crippen molar-refractivity contribution < 1.29 is 5.11 Å². The molecule has 1 aliphatic carbocycles. The van der Waals surface area contributed by atoms with Gasteiger partial charge in [0.25, 0.3) is 0 Å². The smallest absolute Gasteiger partial charge is 0.0445 e. The van der Waals surface area contributed by atoms with Gasteiger partial charge in [0.15, 0.2) is 0 Å². The van der Waals surface area contributed by atoms with Crippen LogP contribution in [0.2, 0.25) is 0 Å². The maximum atomic E-state index is 9.39. The van der Waals surface area contributed by atoms with Crippen LogP contribution < -0.4 is 5.73 Å². The molecule has 1 saturated carbocycles. The summed E-state index contributed by atoms with van der Waals surface area (Å²) in [6.07, 6.45) is 8.75. The molecule has 3 nitrogen and oxygen atoms in total. The number of hydrogen-bond acceptors (Lipinski definition) is 3. The molecule has 2 aliphatic rings. The van der Waals surface area contributed by atoms with Crippen molar-refractivity contribution in [2.75, 3.05) is 19.7 Å². The highest BCUT2D eigenvalue weighted by atomic mass is 16.3. The van der Waals surface area contributed by atoms with E-state index in [9.17, 15) is 5.11 Å². The van der Waals surface area contributed by atoms with Crippen molar-refractivity contribution in [2.24, 2.45) is 23.0 Å². The second-order valence-corrected chi connectivity index (χ2v) is 8.34. The van der Waals surface area contributed by atoms with E-state index in [1.807, 2.05) is 0 Å². The average molecular weight is 296 g/mol. The van der Waals surface area contributed by atoms with Gasteiger partial charge in [-0.2, -0.15) is 0 Å². The molecule has 2 rings (SSSR count). The molecule has 3 N–H and O–H groups in total. The number of likely N-dealkylation sites (tertiary alicyclic amines) is 1. The summed E-state index contributed by atoms with van der Waals surface area (Å²) in [6.45, 7) is 9.52. The molecular formula is C18H36N2O. The lowest BCUT2D eigenvalue weighted by Gasteiger charge is -2.50. The van der Waals surface area contributed by atoms with Gasteiger partial charge in [-0.1, -0.05) is 27.2 Å². The van der Waals surface area contributed by atoms with E-state index in [1.165, 1.54) is 45.1 Å². The number of piperidine rings is 1. The second kappa shape index (κ2) is 7.43. The summed E-state index contributed by atoms with van der Waals surface area (Å²) in [5, 5.41) is 9.39. The lowest BCUT2D eigenvalue weighted by atomic mass is 9.67. The van der Waals surface area contributed by atoms with Crippen LogP contribution in [0.25, 0.3) is 0 Å². The van der Waals surface area contributed by atoms with Crippen molar-refractivity contribution in [1.82, 2.24) is 4.90 Å². The Balaban J connectivity index is 2.11. The van der Waals surface area contributed by atoms with Crippen LogP contribution in [0.5, 0.6) is 0 Å². The quantitative estimate of drug-likeness (QED) is 0.838. The molecule has 0 bridgehead atoms. The van der Waals surface area contributed by atoms with E-state index < -0.39 is 0 Å². The summed E-state index contributed by atoms with van der Waals surface area (Å²) >= 11 is 0. The Hall–Kier alpha value is -0.120. The van der Waals surface area contributed by atoms with Crippen LogP contribution in [-0.4, -0.2) is 41.8 Å². The summed E-state index contributed by atoms with van der Waals surface area (Å²) in [7, 11) is 0. The maximum absolute atomic E-state index is 9.39.